The quantitative estimate of drug-likeness (QED) is 0.440. The summed E-state index contributed by atoms with van der Waals surface area (Å²) in [6, 6.07) is 20.1. The average molecular weight is 577 g/mol. The van der Waals surface area contributed by atoms with Gasteiger partial charge in [-0.3, -0.25) is 4.79 Å². The zero-order valence-corrected chi connectivity index (χ0v) is 23.8. The Morgan fingerprint density at radius 2 is 1.51 bits per heavy atom. The third kappa shape index (κ3) is 5.76. The first-order valence-electron chi connectivity index (χ1n) is 13.4. The first-order valence-corrected chi connectivity index (χ1v) is 14.8. The molecule has 1 unspecified atom stereocenters. The van der Waals surface area contributed by atoms with E-state index in [1.165, 1.54) is 24.3 Å². The molecule has 1 atom stereocenters. The first-order chi connectivity index (χ1) is 19.7. The minimum Gasteiger partial charge on any atom is -0.444 e. The van der Waals surface area contributed by atoms with Crippen molar-refractivity contribution in [3.8, 4) is 0 Å². The number of imide groups is 1. The number of rotatable bonds is 6. The summed E-state index contributed by atoms with van der Waals surface area (Å²) in [5.41, 5.74) is 4.05. The van der Waals surface area contributed by atoms with Crippen molar-refractivity contribution >= 4 is 33.7 Å². The van der Waals surface area contributed by atoms with Gasteiger partial charge in [0.25, 0.3) is 10.0 Å². The molecule has 0 spiro atoms. The number of urea groups is 1. The zero-order valence-electron chi connectivity index (χ0n) is 23.0. The van der Waals surface area contributed by atoms with Crippen LogP contribution in [0.25, 0.3) is 0 Å². The van der Waals surface area contributed by atoms with Gasteiger partial charge in [-0.15, -0.1) is 0 Å². The summed E-state index contributed by atoms with van der Waals surface area (Å²) >= 11 is 0. The highest BCUT2D eigenvalue weighted by molar-refractivity contribution is 7.89. The summed E-state index contributed by atoms with van der Waals surface area (Å²) in [6.07, 6.45) is -1.07. The highest BCUT2D eigenvalue weighted by Crippen LogP contribution is 2.28. The van der Waals surface area contributed by atoms with Crippen LogP contribution in [-0.4, -0.2) is 79.3 Å². The molecular weight excluding hydrogens is 544 g/mol. The van der Waals surface area contributed by atoms with Crippen LogP contribution < -0.4 is 4.90 Å². The lowest BCUT2D eigenvalue weighted by atomic mass is 10.1. The number of piperazine rings is 1. The lowest BCUT2D eigenvalue weighted by molar-refractivity contribution is -0.135. The van der Waals surface area contributed by atoms with Crippen molar-refractivity contribution in [1.29, 1.82) is 0 Å². The van der Waals surface area contributed by atoms with E-state index in [1.54, 1.807) is 35.2 Å². The number of amides is 4. The zero-order chi connectivity index (χ0) is 29.1. The average Bonchev–Trinajstić information content (AvgIpc) is 3.35. The second-order valence-corrected chi connectivity index (χ2v) is 12.0. The number of sulfonamides is 1. The van der Waals surface area contributed by atoms with Gasteiger partial charge in [0, 0.05) is 31.9 Å². The SMILES string of the molecule is Cc1ccc(C)c(N2CCN(C(=O)C3CN(S(=O)(=O)c4ccccc4)C(=O)N3C(=O)OCc3ccccc3)CC2)c1. The molecule has 0 aromatic heterocycles. The Hall–Kier alpha value is -4.38. The van der Waals surface area contributed by atoms with Gasteiger partial charge in [-0.05, 0) is 48.7 Å². The van der Waals surface area contributed by atoms with Crippen molar-refractivity contribution in [2.24, 2.45) is 0 Å². The third-order valence-corrected chi connectivity index (χ3v) is 9.14. The number of hydrogen-bond acceptors (Lipinski definition) is 7. The monoisotopic (exact) mass is 576 g/mol. The molecule has 41 heavy (non-hydrogen) atoms. The molecule has 3 aromatic rings. The second kappa shape index (κ2) is 11.6. The van der Waals surface area contributed by atoms with Crippen LogP contribution in [0, 0.1) is 13.8 Å². The normalized spacial score (nSPS) is 17.6. The van der Waals surface area contributed by atoms with E-state index in [1.807, 2.05) is 19.9 Å². The fourth-order valence-corrected chi connectivity index (χ4v) is 6.50. The molecule has 2 fully saturated rings. The lowest BCUT2D eigenvalue weighted by Crippen LogP contribution is -2.55. The topological polar surface area (TPSA) is 108 Å². The molecule has 214 valence electrons. The van der Waals surface area contributed by atoms with Gasteiger partial charge in [-0.25, -0.2) is 27.2 Å². The smallest absolute Gasteiger partial charge is 0.419 e. The van der Waals surface area contributed by atoms with E-state index in [0.29, 0.717) is 40.9 Å². The minimum atomic E-state index is -4.32. The highest BCUT2D eigenvalue weighted by Gasteiger charge is 2.52. The lowest BCUT2D eigenvalue weighted by Gasteiger charge is -2.38. The Kier molecular flexibility index (Phi) is 7.98. The minimum absolute atomic E-state index is 0.110. The number of carbonyl (C=O) groups is 3. The van der Waals surface area contributed by atoms with Gasteiger partial charge >= 0.3 is 12.1 Å². The van der Waals surface area contributed by atoms with Crippen LogP contribution in [0.5, 0.6) is 0 Å². The molecule has 0 radical (unpaired) electrons. The first kappa shape index (κ1) is 28.2. The third-order valence-electron chi connectivity index (χ3n) is 7.38. The van der Waals surface area contributed by atoms with Crippen LogP contribution in [0.1, 0.15) is 16.7 Å². The number of aryl methyl sites for hydroxylation is 2. The van der Waals surface area contributed by atoms with Gasteiger partial charge in [0.2, 0.25) is 5.91 Å². The molecule has 2 aliphatic rings. The maximum atomic E-state index is 13.8. The molecule has 0 bridgehead atoms. The number of nitrogens with zero attached hydrogens (tertiary/aromatic N) is 4. The van der Waals surface area contributed by atoms with E-state index >= 15 is 0 Å². The molecule has 2 aliphatic heterocycles. The van der Waals surface area contributed by atoms with Crippen LogP contribution >= 0.6 is 0 Å². The molecule has 3 aromatic carbocycles. The molecule has 2 saturated heterocycles. The Labute approximate surface area is 239 Å². The molecular formula is C30H32N4O6S. The van der Waals surface area contributed by atoms with Gasteiger partial charge in [0.05, 0.1) is 11.4 Å². The van der Waals surface area contributed by atoms with Gasteiger partial charge in [0.15, 0.2) is 0 Å². The van der Waals surface area contributed by atoms with E-state index in [0.717, 1.165) is 16.8 Å². The maximum absolute atomic E-state index is 13.8. The van der Waals surface area contributed by atoms with Gasteiger partial charge in [0.1, 0.15) is 12.6 Å². The van der Waals surface area contributed by atoms with E-state index in [9.17, 15) is 22.8 Å². The number of ether oxygens (including phenoxy) is 1. The Morgan fingerprint density at radius 3 is 2.17 bits per heavy atom. The van der Waals surface area contributed by atoms with Gasteiger partial charge in [-0.1, -0.05) is 60.7 Å². The molecule has 5 rings (SSSR count). The van der Waals surface area contributed by atoms with Crippen molar-refractivity contribution in [3.05, 3.63) is 95.6 Å². The fraction of sp³-hybridized carbons (Fsp3) is 0.300. The summed E-state index contributed by atoms with van der Waals surface area (Å²) in [6.45, 7) is 5.27. The van der Waals surface area contributed by atoms with Crippen molar-refractivity contribution in [3.63, 3.8) is 0 Å². The summed E-state index contributed by atoms with van der Waals surface area (Å²) in [5, 5.41) is 0. The standard InChI is InChI=1S/C30H32N4O6S/c1-22-13-14-23(2)26(19-22)31-15-17-32(18-16-31)28(35)27-20-33(41(38,39)25-11-7-4-8-12-25)29(36)34(27)30(37)40-21-24-9-5-3-6-10-24/h3-14,19,27H,15-18,20-21H2,1-2H3. The molecule has 10 nitrogen and oxygen atoms in total. The predicted molar refractivity (Wildman–Crippen MR) is 153 cm³/mol. The Bertz CT molecular complexity index is 1540. The van der Waals surface area contributed by atoms with E-state index < -0.39 is 40.6 Å². The van der Waals surface area contributed by atoms with Crippen LogP contribution in [0.3, 0.4) is 0 Å². The number of hydrogen-bond donors (Lipinski definition) is 0. The van der Waals surface area contributed by atoms with Crippen LogP contribution in [-0.2, 0) is 26.2 Å². The molecule has 0 aliphatic carbocycles. The van der Waals surface area contributed by atoms with E-state index in [-0.39, 0.29) is 11.5 Å². The molecule has 4 amide bonds. The van der Waals surface area contributed by atoms with Crippen LogP contribution in [0.2, 0.25) is 0 Å². The summed E-state index contributed by atoms with van der Waals surface area (Å²) < 4.78 is 32.7. The Morgan fingerprint density at radius 1 is 0.878 bits per heavy atom. The van der Waals surface area contributed by atoms with Crippen molar-refractivity contribution in [2.45, 2.75) is 31.4 Å². The summed E-state index contributed by atoms with van der Waals surface area (Å²) in [7, 11) is -4.32. The largest absolute Gasteiger partial charge is 0.444 e. The summed E-state index contributed by atoms with van der Waals surface area (Å²) in [4.78, 5) is 44.8. The molecule has 0 N–H and O–H groups in total. The van der Waals surface area contributed by atoms with E-state index in [2.05, 4.69) is 23.1 Å². The molecule has 11 heteroatoms. The molecule has 0 saturated carbocycles. The predicted octanol–water partition coefficient (Wildman–Crippen LogP) is 3.78. The van der Waals surface area contributed by atoms with E-state index in [4.69, 9.17) is 4.74 Å². The fourth-order valence-electron chi connectivity index (χ4n) is 5.11. The second-order valence-electron chi connectivity index (χ2n) is 10.2. The number of benzene rings is 3. The van der Waals surface area contributed by atoms with Crippen molar-refractivity contribution in [1.82, 2.24) is 14.1 Å². The van der Waals surface area contributed by atoms with Crippen LogP contribution in [0.15, 0.2) is 83.8 Å². The van der Waals surface area contributed by atoms with Crippen molar-refractivity contribution in [2.75, 3.05) is 37.6 Å². The van der Waals surface area contributed by atoms with Gasteiger partial charge < -0.3 is 14.5 Å². The number of anilines is 1. The summed E-state index contributed by atoms with van der Waals surface area (Å²) in [5.74, 6) is -0.499. The van der Waals surface area contributed by atoms with Gasteiger partial charge in [-0.2, -0.15) is 0 Å². The molecule has 2 heterocycles. The van der Waals surface area contributed by atoms with Crippen LogP contribution in [0.4, 0.5) is 15.3 Å². The highest BCUT2D eigenvalue weighted by atomic mass is 32.2. The Balaban J connectivity index is 1.36. The maximum Gasteiger partial charge on any atom is 0.419 e. The van der Waals surface area contributed by atoms with Crippen molar-refractivity contribution < 1.29 is 27.5 Å². The number of carbonyl (C=O) groups excluding carboxylic acids is 3.